The molecule has 3 rings (SSSR count). The van der Waals surface area contributed by atoms with Gasteiger partial charge in [-0.25, -0.2) is 4.39 Å². The number of nitrogens with zero attached hydrogens (tertiary/aromatic N) is 1. The Morgan fingerprint density at radius 2 is 1.96 bits per heavy atom. The van der Waals surface area contributed by atoms with Crippen LogP contribution in [0.2, 0.25) is 0 Å². The largest absolute Gasteiger partial charge is 0.507 e. The average molecular weight is 406 g/mol. The molecule has 2 aromatic carbocycles. The van der Waals surface area contributed by atoms with Crippen molar-refractivity contribution in [2.45, 2.75) is 49.3 Å². The van der Waals surface area contributed by atoms with Gasteiger partial charge in [-0.15, -0.1) is 23.5 Å². The van der Waals surface area contributed by atoms with Crippen LogP contribution < -0.4 is 4.90 Å². The smallest absolute Gasteiger partial charge is 0.130 e. The number of aromatic hydroxyl groups is 1. The molecule has 0 aromatic heterocycles. The molecule has 0 radical (unpaired) electrons. The SMILES string of the molecule is CCCC[C@]1(CC)CSc2cc(O)c(SC)cc2N(c2ccc(F)cc2)C1. The maximum atomic E-state index is 13.5. The van der Waals surface area contributed by atoms with Gasteiger partial charge in [0.1, 0.15) is 11.6 Å². The minimum absolute atomic E-state index is 0.198. The van der Waals surface area contributed by atoms with Crippen LogP contribution in [0.1, 0.15) is 39.5 Å². The molecule has 146 valence electrons. The highest BCUT2D eigenvalue weighted by Crippen LogP contribution is 2.49. The van der Waals surface area contributed by atoms with E-state index in [-0.39, 0.29) is 11.2 Å². The molecular weight excluding hydrogens is 377 g/mol. The summed E-state index contributed by atoms with van der Waals surface area (Å²) in [7, 11) is 0. The summed E-state index contributed by atoms with van der Waals surface area (Å²) in [6.45, 7) is 5.43. The number of hydrogen-bond donors (Lipinski definition) is 1. The lowest BCUT2D eigenvalue weighted by Crippen LogP contribution is -2.36. The van der Waals surface area contributed by atoms with Crippen molar-refractivity contribution in [2.24, 2.45) is 5.41 Å². The quantitative estimate of drug-likeness (QED) is 0.519. The highest BCUT2D eigenvalue weighted by molar-refractivity contribution is 7.99. The molecule has 1 N–H and O–H groups in total. The van der Waals surface area contributed by atoms with Crippen molar-refractivity contribution in [1.29, 1.82) is 0 Å². The van der Waals surface area contributed by atoms with Crippen LogP contribution in [0, 0.1) is 11.2 Å². The van der Waals surface area contributed by atoms with Crippen molar-refractivity contribution < 1.29 is 9.50 Å². The normalized spacial score (nSPS) is 19.6. The Hall–Kier alpha value is -1.33. The van der Waals surface area contributed by atoms with Gasteiger partial charge < -0.3 is 10.0 Å². The second kappa shape index (κ2) is 8.78. The topological polar surface area (TPSA) is 23.5 Å². The zero-order chi connectivity index (χ0) is 19.4. The molecule has 1 aliphatic heterocycles. The summed E-state index contributed by atoms with van der Waals surface area (Å²) in [5.74, 6) is 1.16. The summed E-state index contributed by atoms with van der Waals surface area (Å²) in [6, 6.07) is 10.8. The van der Waals surface area contributed by atoms with E-state index in [1.54, 1.807) is 11.8 Å². The Morgan fingerprint density at radius 1 is 1.22 bits per heavy atom. The summed E-state index contributed by atoms with van der Waals surface area (Å²) < 4.78 is 13.5. The molecule has 1 heterocycles. The molecule has 5 heteroatoms. The first-order chi connectivity index (χ1) is 13.0. The van der Waals surface area contributed by atoms with E-state index in [2.05, 4.69) is 24.8 Å². The number of phenols is 1. The number of rotatable bonds is 6. The monoisotopic (exact) mass is 405 g/mol. The first kappa shape index (κ1) is 20.4. The molecule has 0 saturated carbocycles. The van der Waals surface area contributed by atoms with E-state index >= 15 is 0 Å². The van der Waals surface area contributed by atoms with E-state index in [0.717, 1.165) is 39.9 Å². The summed E-state index contributed by atoms with van der Waals surface area (Å²) in [5.41, 5.74) is 2.32. The Labute approximate surface area is 170 Å². The van der Waals surface area contributed by atoms with Gasteiger partial charge in [-0.1, -0.05) is 26.7 Å². The third-order valence-electron chi connectivity index (χ3n) is 5.53. The van der Waals surface area contributed by atoms with Gasteiger partial charge in [0.25, 0.3) is 0 Å². The third kappa shape index (κ3) is 4.40. The minimum Gasteiger partial charge on any atom is -0.507 e. The summed E-state index contributed by atoms with van der Waals surface area (Å²) in [6.07, 6.45) is 6.66. The van der Waals surface area contributed by atoms with E-state index < -0.39 is 0 Å². The molecule has 27 heavy (non-hydrogen) atoms. The highest BCUT2D eigenvalue weighted by Gasteiger charge is 2.35. The van der Waals surface area contributed by atoms with Crippen LogP contribution in [0.3, 0.4) is 0 Å². The first-order valence-corrected chi connectivity index (χ1v) is 11.8. The Bertz CT molecular complexity index is 781. The lowest BCUT2D eigenvalue weighted by Gasteiger charge is -2.37. The molecular formula is C22H28FNOS2. The van der Waals surface area contributed by atoms with E-state index in [1.807, 2.05) is 36.2 Å². The van der Waals surface area contributed by atoms with Crippen molar-refractivity contribution in [3.8, 4) is 5.75 Å². The molecule has 0 bridgehead atoms. The van der Waals surface area contributed by atoms with Gasteiger partial charge in [-0.05, 0) is 60.9 Å². The fourth-order valence-corrected chi connectivity index (χ4v) is 5.58. The fraction of sp³-hybridized carbons (Fsp3) is 0.455. The zero-order valence-corrected chi connectivity index (χ0v) is 17.9. The van der Waals surface area contributed by atoms with Gasteiger partial charge in [-0.3, -0.25) is 0 Å². The van der Waals surface area contributed by atoms with Crippen LogP contribution in [0.5, 0.6) is 5.75 Å². The molecule has 2 nitrogen and oxygen atoms in total. The molecule has 0 unspecified atom stereocenters. The average Bonchev–Trinajstić information content (AvgIpc) is 2.84. The van der Waals surface area contributed by atoms with Crippen LogP contribution in [-0.2, 0) is 0 Å². The summed E-state index contributed by atoms with van der Waals surface area (Å²) in [4.78, 5) is 4.30. The van der Waals surface area contributed by atoms with Crippen molar-refractivity contribution in [2.75, 3.05) is 23.5 Å². The maximum absolute atomic E-state index is 13.5. The Kier molecular flexibility index (Phi) is 6.64. The lowest BCUT2D eigenvalue weighted by molar-refractivity contribution is 0.295. The number of thioether (sulfide) groups is 2. The molecule has 0 aliphatic carbocycles. The fourth-order valence-electron chi connectivity index (χ4n) is 3.67. The number of anilines is 2. The van der Waals surface area contributed by atoms with E-state index in [9.17, 15) is 9.50 Å². The van der Waals surface area contributed by atoms with Gasteiger partial charge in [0.15, 0.2) is 0 Å². The highest BCUT2D eigenvalue weighted by atomic mass is 32.2. The standard InChI is InChI=1S/C22H28FNOS2/c1-4-6-11-22(5-2)14-24(17-9-7-16(23)8-10-17)18-12-21(26-3)19(25)13-20(18)27-15-22/h7-10,12-13,25H,4-6,11,14-15H2,1-3H3/t22-/m0/s1. The maximum Gasteiger partial charge on any atom is 0.130 e. The van der Waals surface area contributed by atoms with Crippen molar-refractivity contribution in [3.05, 3.63) is 42.2 Å². The number of phenolic OH excluding ortho intramolecular Hbond substituents is 1. The lowest BCUT2D eigenvalue weighted by atomic mass is 9.81. The van der Waals surface area contributed by atoms with Crippen molar-refractivity contribution in [1.82, 2.24) is 0 Å². The van der Waals surface area contributed by atoms with Crippen LogP contribution in [0.15, 0.2) is 46.2 Å². The van der Waals surface area contributed by atoms with Gasteiger partial charge in [0.05, 0.1) is 10.6 Å². The number of unbranched alkanes of at least 4 members (excludes halogenated alkanes) is 1. The third-order valence-corrected chi connectivity index (χ3v) is 7.69. The van der Waals surface area contributed by atoms with Crippen molar-refractivity contribution >= 4 is 34.9 Å². The zero-order valence-electron chi connectivity index (χ0n) is 16.3. The molecule has 0 saturated heterocycles. The predicted octanol–water partition coefficient (Wildman–Crippen LogP) is 7.08. The van der Waals surface area contributed by atoms with Crippen LogP contribution in [0.25, 0.3) is 0 Å². The van der Waals surface area contributed by atoms with Crippen LogP contribution >= 0.6 is 23.5 Å². The van der Waals surface area contributed by atoms with Gasteiger partial charge in [0, 0.05) is 22.9 Å². The first-order valence-electron chi connectivity index (χ1n) is 9.59. The Morgan fingerprint density at radius 3 is 2.59 bits per heavy atom. The minimum atomic E-state index is -0.216. The molecule has 0 spiro atoms. The van der Waals surface area contributed by atoms with Gasteiger partial charge in [0.2, 0.25) is 0 Å². The second-order valence-corrected chi connectivity index (χ2v) is 9.17. The summed E-state index contributed by atoms with van der Waals surface area (Å²) >= 11 is 3.39. The predicted molar refractivity (Wildman–Crippen MR) is 116 cm³/mol. The second-order valence-electron chi connectivity index (χ2n) is 7.30. The molecule has 1 atom stereocenters. The number of benzene rings is 2. The molecule has 2 aromatic rings. The van der Waals surface area contributed by atoms with Gasteiger partial charge >= 0.3 is 0 Å². The molecule has 0 amide bonds. The van der Waals surface area contributed by atoms with Crippen LogP contribution in [-0.4, -0.2) is 23.7 Å². The molecule has 0 fully saturated rings. The van der Waals surface area contributed by atoms with Crippen molar-refractivity contribution in [3.63, 3.8) is 0 Å². The number of hydrogen-bond acceptors (Lipinski definition) is 4. The van der Waals surface area contributed by atoms with E-state index in [4.69, 9.17) is 0 Å². The Balaban J connectivity index is 2.10. The van der Waals surface area contributed by atoms with E-state index in [0.29, 0.717) is 5.75 Å². The van der Waals surface area contributed by atoms with E-state index in [1.165, 1.54) is 31.4 Å². The number of fused-ring (bicyclic) bond motifs is 1. The van der Waals surface area contributed by atoms with Gasteiger partial charge in [-0.2, -0.15) is 0 Å². The number of halogens is 1. The summed E-state index contributed by atoms with van der Waals surface area (Å²) in [5, 5.41) is 10.4. The van der Waals surface area contributed by atoms with Crippen LogP contribution in [0.4, 0.5) is 15.8 Å². The molecule has 1 aliphatic rings.